The minimum absolute atomic E-state index is 0.0496. The molecule has 92 valence electrons. The Morgan fingerprint density at radius 3 is 2.83 bits per heavy atom. The number of amides is 1. The van der Waals surface area contributed by atoms with Crippen LogP contribution in [0.2, 0.25) is 0 Å². The molecule has 0 unspecified atom stereocenters. The van der Waals surface area contributed by atoms with Crippen molar-refractivity contribution in [1.82, 2.24) is 24.6 Å². The second-order valence-electron chi connectivity index (χ2n) is 4.13. The monoisotopic (exact) mass is 243 g/mol. The maximum Gasteiger partial charge on any atom is 0.291 e. The number of fused-ring (bicyclic) bond motifs is 1. The van der Waals surface area contributed by atoms with Gasteiger partial charge in [-0.2, -0.15) is 0 Å². The van der Waals surface area contributed by atoms with Gasteiger partial charge in [0.1, 0.15) is 0 Å². The Hall–Kier alpha value is -2.24. The van der Waals surface area contributed by atoms with Crippen LogP contribution in [0.15, 0.2) is 24.5 Å². The van der Waals surface area contributed by atoms with Gasteiger partial charge in [0, 0.05) is 37.6 Å². The van der Waals surface area contributed by atoms with Gasteiger partial charge in [-0.05, 0) is 19.1 Å². The molecule has 0 aliphatic carbocycles. The molecule has 0 aromatic carbocycles. The fraction of sp³-hybridized carbons (Fsp3) is 0.333. The summed E-state index contributed by atoms with van der Waals surface area (Å²) >= 11 is 0. The van der Waals surface area contributed by atoms with Gasteiger partial charge in [-0.1, -0.05) is 0 Å². The molecule has 0 N–H and O–H groups in total. The molecule has 0 fully saturated rings. The zero-order valence-corrected chi connectivity index (χ0v) is 10.1. The van der Waals surface area contributed by atoms with Gasteiger partial charge in [-0.25, -0.2) is 0 Å². The second kappa shape index (κ2) is 4.21. The third-order valence-corrected chi connectivity index (χ3v) is 3.12. The first-order valence-corrected chi connectivity index (χ1v) is 5.94. The Bertz CT molecular complexity index is 577. The SMILES string of the molecule is CCN1CCn2c(nnc2-c2cccnc2)C1=O. The van der Waals surface area contributed by atoms with Crippen molar-refractivity contribution in [2.75, 3.05) is 13.1 Å². The van der Waals surface area contributed by atoms with Gasteiger partial charge in [0.2, 0.25) is 5.82 Å². The Balaban J connectivity index is 2.05. The maximum atomic E-state index is 12.1. The lowest BCUT2D eigenvalue weighted by atomic mass is 10.2. The first-order chi connectivity index (χ1) is 8.81. The summed E-state index contributed by atoms with van der Waals surface area (Å²) in [5, 5.41) is 8.12. The minimum Gasteiger partial charge on any atom is -0.334 e. The average molecular weight is 243 g/mol. The number of hydrogen-bond acceptors (Lipinski definition) is 4. The van der Waals surface area contributed by atoms with E-state index >= 15 is 0 Å². The molecule has 18 heavy (non-hydrogen) atoms. The summed E-state index contributed by atoms with van der Waals surface area (Å²) in [5.74, 6) is 1.08. The number of aromatic nitrogens is 4. The number of pyridine rings is 1. The van der Waals surface area contributed by atoms with E-state index in [4.69, 9.17) is 0 Å². The van der Waals surface area contributed by atoms with Crippen molar-refractivity contribution in [3.63, 3.8) is 0 Å². The summed E-state index contributed by atoms with van der Waals surface area (Å²) in [7, 11) is 0. The minimum atomic E-state index is -0.0496. The van der Waals surface area contributed by atoms with Gasteiger partial charge < -0.3 is 9.47 Å². The Kier molecular flexibility index (Phi) is 2.55. The van der Waals surface area contributed by atoms with E-state index < -0.39 is 0 Å². The van der Waals surface area contributed by atoms with Crippen LogP contribution in [0.1, 0.15) is 17.5 Å². The Morgan fingerprint density at radius 2 is 2.11 bits per heavy atom. The van der Waals surface area contributed by atoms with Gasteiger partial charge in [0.25, 0.3) is 5.91 Å². The van der Waals surface area contributed by atoms with Gasteiger partial charge in [0.05, 0.1) is 0 Å². The predicted octanol–water partition coefficient (Wildman–Crippen LogP) is 0.816. The lowest BCUT2D eigenvalue weighted by Crippen LogP contribution is -2.40. The number of likely N-dealkylation sites (N-methyl/N-ethyl adjacent to an activating group) is 1. The van der Waals surface area contributed by atoms with Crippen LogP contribution in [-0.4, -0.2) is 43.6 Å². The molecule has 2 aromatic rings. The molecule has 1 amide bonds. The van der Waals surface area contributed by atoms with E-state index in [-0.39, 0.29) is 5.91 Å². The molecular formula is C12H13N5O. The molecule has 0 radical (unpaired) electrons. The van der Waals surface area contributed by atoms with Crippen LogP contribution in [0.4, 0.5) is 0 Å². The van der Waals surface area contributed by atoms with Crippen LogP contribution in [0.3, 0.4) is 0 Å². The molecule has 2 aromatic heterocycles. The van der Waals surface area contributed by atoms with Crippen LogP contribution in [0, 0.1) is 0 Å². The van der Waals surface area contributed by atoms with Crippen molar-refractivity contribution in [1.29, 1.82) is 0 Å². The van der Waals surface area contributed by atoms with E-state index in [9.17, 15) is 4.79 Å². The topological polar surface area (TPSA) is 63.9 Å². The lowest BCUT2D eigenvalue weighted by molar-refractivity contribution is 0.0707. The van der Waals surface area contributed by atoms with E-state index in [0.29, 0.717) is 24.7 Å². The van der Waals surface area contributed by atoms with Crippen LogP contribution in [-0.2, 0) is 6.54 Å². The maximum absolute atomic E-state index is 12.1. The largest absolute Gasteiger partial charge is 0.334 e. The number of rotatable bonds is 2. The Morgan fingerprint density at radius 1 is 1.28 bits per heavy atom. The highest BCUT2D eigenvalue weighted by Gasteiger charge is 2.28. The first-order valence-electron chi connectivity index (χ1n) is 5.94. The van der Waals surface area contributed by atoms with Crippen LogP contribution >= 0.6 is 0 Å². The van der Waals surface area contributed by atoms with Gasteiger partial charge in [0.15, 0.2) is 5.82 Å². The normalized spacial score (nSPS) is 14.7. The van der Waals surface area contributed by atoms with Crippen LogP contribution in [0.5, 0.6) is 0 Å². The van der Waals surface area contributed by atoms with Crippen LogP contribution in [0.25, 0.3) is 11.4 Å². The summed E-state index contributed by atoms with van der Waals surface area (Å²) in [6.07, 6.45) is 3.44. The third-order valence-electron chi connectivity index (χ3n) is 3.12. The quantitative estimate of drug-likeness (QED) is 0.783. The van der Waals surface area contributed by atoms with Crippen molar-refractivity contribution in [2.24, 2.45) is 0 Å². The summed E-state index contributed by atoms with van der Waals surface area (Å²) in [6.45, 7) is 4.10. The smallest absolute Gasteiger partial charge is 0.291 e. The number of nitrogens with zero attached hydrogens (tertiary/aromatic N) is 5. The molecule has 0 saturated carbocycles. The molecule has 6 nitrogen and oxygen atoms in total. The molecule has 3 heterocycles. The fourth-order valence-electron chi connectivity index (χ4n) is 2.15. The number of carbonyl (C=O) groups excluding carboxylic acids is 1. The summed E-state index contributed by atoms with van der Waals surface area (Å²) in [4.78, 5) is 17.9. The van der Waals surface area contributed by atoms with E-state index in [1.807, 2.05) is 23.6 Å². The van der Waals surface area contributed by atoms with E-state index in [2.05, 4.69) is 15.2 Å². The average Bonchev–Trinajstić information content (AvgIpc) is 2.85. The second-order valence-corrected chi connectivity index (χ2v) is 4.13. The zero-order chi connectivity index (χ0) is 12.5. The molecule has 0 saturated heterocycles. The third kappa shape index (κ3) is 1.57. The van der Waals surface area contributed by atoms with E-state index in [1.54, 1.807) is 17.3 Å². The van der Waals surface area contributed by atoms with Crippen molar-refractivity contribution in [2.45, 2.75) is 13.5 Å². The molecule has 6 heteroatoms. The standard InChI is InChI=1S/C12H13N5O/c1-2-16-6-7-17-10(9-4-3-5-13-8-9)14-15-11(17)12(16)18/h3-5,8H,2,6-7H2,1H3. The van der Waals surface area contributed by atoms with Gasteiger partial charge in [-0.3, -0.25) is 9.78 Å². The highest BCUT2D eigenvalue weighted by Crippen LogP contribution is 2.20. The molecular weight excluding hydrogens is 230 g/mol. The number of carbonyl (C=O) groups is 1. The van der Waals surface area contributed by atoms with Crippen LogP contribution < -0.4 is 0 Å². The van der Waals surface area contributed by atoms with E-state index in [1.165, 1.54) is 0 Å². The molecule has 3 rings (SSSR count). The number of hydrogen-bond donors (Lipinski definition) is 0. The van der Waals surface area contributed by atoms with Gasteiger partial charge >= 0.3 is 0 Å². The van der Waals surface area contributed by atoms with Crippen molar-refractivity contribution < 1.29 is 4.79 Å². The van der Waals surface area contributed by atoms with E-state index in [0.717, 1.165) is 12.1 Å². The highest BCUT2D eigenvalue weighted by atomic mass is 16.2. The van der Waals surface area contributed by atoms with Crippen molar-refractivity contribution in [3.8, 4) is 11.4 Å². The zero-order valence-electron chi connectivity index (χ0n) is 10.1. The summed E-state index contributed by atoms with van der Waals surface area (Å²) in [5.41, 5.74) is 0.883. The molecule has 0 spiro atoms. The van der Waals surface area contributed by atoms with Crippen molar-refractivity contribution in [3.05, 3.63) is 30.4 Å². The summed E-state index contributed by atoms with van der Waals surface area (Å²) in [6, 6.07) is 3.76. The van der Waals surface area contributed by atoms with Gasteiger partial charge in [-0.15, -0.1) is 10.2 Å². The molecule has 0 atom stereocenters. The molecule has 1 aliphatic heterocycles. The molecule has 1 aliphatic rings. The predicted molar refractivity (Wildman–Crippen MR) is 64.8 cm³/mol. The molecule has 0 bridgehead atoms. The summed E-state index contributed by atoms with van der Waals surface area (Å²) < 4.78 is 1.87. The lowest BCUT2D eigenvalue weighted by Gasteiger charge is -2.26. The highest BCUT2D eigenvalue weighted by molar-refractivity contribution is 5.92. The first kappa shape index (κ1) is 10.9. The van der Waals surface area contributed by atoms with Crippen molar-refractivity contribution >= 4 is 5.91 Å². The fourth-order valence-corrected chi connectivity index (χ4v) is 2.15. The Labute approximate surface area is 104 Å².